The van der Waals surface area contributed by atoms with E-state index in [2.05, 4.69) is 51.4 Å². The first-order valence-corrected chi connectivity index (χ1v) is 7.67. The second kappa shape index (κ2) is 19.7. The molecule has 0 saturated carbocycles. The van der Waals surface area contributed by atoms with E-state index in [9.17, 15) is 0 Å². The van der Waals surface area contributed by atoms with Crippen LogP contribution in [0, 0.1) is 13.8 Å². The Morgan fingerprint density at radius 2 is 1.79 bits per heavy atom. The van der Waals surface area contributed by atoms with E-state index in [1.54, 1.807) is 0 Å². The molecule has 0 rings (SSSR count). The second-order valence-electron chi connectivity index (χ2n) is 2.01. The van der Waals surface area contributed by atoms with Gasteiger partial charge in [0.15, 0.2) is 0 Å². The summed E-state index contributed by atoms with van der Waals surface area (Å²) < 4.78 is 0. The van der Waals surface area contributed by atoms with Crippen molar-refractivity contribution in [2.75, 3.05) is 0 Å². The van der Waals surface area contributed by atoms with Crippen LogP contribution in [0.2, 0.25) is 0 Å². The molecule has 2 N–H and O–H groups in total. The average Bonchev–Trinajstić information content (AvgIpc) is 1.87. The summed E-state index contributed by atoms with van der Waals surface area (Å²) in [6.07, 6.45) is 5.15. The Bertz CT molecular complexity index is 129. The van der Waals surface area contributed by atoms with E-state index in [-0.39, 0.29) is 19.5 Å². The van der Waals surface area contributed by atoms with Gasteiger partial charge in [-0.1, -0.05) is 32.0 Å². The van der Waals surface area contributed by atoms with Crippen LogP contribution in [0.4, 0.5) is 0 Å². The number of unbranched alkanes of at least 4 members (excludes halogenated alkanes) is 2. The first kappa shape index (κ1) is 24.4. The summed E-state index contributed by atoms with van der Waals surface area (Å²) in [4.78, 5) is 15.7. The van der Waals surface area contributed by atoms with E-state index in [0.29, 0.717) is 0 Å². The third kappa shape index (κ3) is 195. The predicted octanol–water partition coefficient (Wildman–Crippen LogP) is 3.14. The normalized spacial score (nSPS) is 8.07. The monoisotopic (exact) mass is 306 g/mol. The molecule has 0 aliphatic heterocycles. The van der Waals surface area contributed by atoms with Crippen molar-refractivity contribution in [3.8, 4) is 0 Å². The van der Waals surface area contributed by atoms with Gasteiger partial charge < -0.3 is 16.7 Å². The van der Waals surface area contributed by atoms with Crippen LogP contribution in [0.1, 0.15) is 26.2 Å². The molecule has 0 aromatic rings. The molecule has 2 nitrogen and oxygen atoms in total. The minimum atomic E-state index is -3.11. The Labute approximate surface area is 111 Å². The number of rotatable bonds is 2. The minimum absolute atomic E-state index is 0. The van der Waals surface area contributed by atoms with Gasteiger partial charge in [0.1, 0.15) is 0 Å². The third-order valence-corrected chi connectivity index (χ3v) is 0.604. The van der Waals surface area contributed by atoms with Crippen molar-refractivity contribution in [2.24, 2.45) is 0 Å². The van der Waals surface area contributed by atoms with Crippen LogP contribution in [0.15, 0.2) is 12.7 Å². The fraction of sp³-hybridized carbons (Fsp3) is 0.500. The zero-order valence-electron chi connectivity index (χ0n) is 8.72. The molecule has 0 aromatic heterocycles. The van der Waals surface area contributed by atoms with Crippen LogP contribution in [-0.4, -0.2) is 9.79 Å². The summed E-state index contributed by atoms with van der Waals surface area (Å²) >= 11 is 7.07. The van der Waals surface area contributed by atoms with Crippen LogP contribution >= 0.6 is 17.9 Å². The topological polar surface area (TPSA) is 40.5 Å². The molecular formula is C8H19O2PS2Zn. The Kier molecular flexibility index (Phi) is 34.3. The van der Waals surface area contributed by atoms with E-state index in [0.717, 1.165) is 6.42 Å². The molecule has 0 atom stereocenters. The molecule has 0 saturated heterocycles. The van der Waals surface area contributed by atoms with Crippen LogP contribution in [0.5, 0.6) is 0 Å². The predicted molar refractivity (Wildman–Crippen MR) is 68.1 cm³/mol. The van der Waals surface area contributed by atoms with E-state index < -0.39 is 5.69 Å². The van der Waals surface area contributed by atoms with Crippen molar-refractivity contribution >= 4 is 29.7 Å². The maximum Gasteiger partial charge on any atom is 2.00 e. The number of allylic oxidation sites excluding steroid dienone is 1. The van der Waals surface area contributed by atoms with Crippen molar-refractivity contribution < 1.29 is 29.3 Å². The standard InChI is InChI=1S/C5H11.C3H5.H3O2PS2.Zn/c1-3-5-4-2;1-3-2;1-3(2,4)5;/h1,3-5H2,2H3;3H,1-2H2;(H3,1,2,4,5);/q2*-1;;+2. The van der Waals surface area contributed by atoms with Gasteiger partial charge in [0, 0.05) is 0 Å². The quantitative estimate of drug-likeness (QED) is 0.318. The SMILES string of the molecule is C=C[CH2-].OP(O)(=S)S.[CH2-]CCCC.[Zn+2]. The fourth-order valence-electron chi connectivity index (χ4n) is 0.250. The molecule has 0 aliphatic carbocycles. The zero-order valence-corrected chi connectivity index (χ0v) is 14.3. The summed E-state index contributed by atoms with van der Waals surface area (Å²) in [7, 11) is 0. The Hall–Kier alpha value is 1.15. The van der Waals surface area contributed by atoms with Crippen molar-refractivity contribution in [1.82, 2.24) is 0 Å². The number of hydrogen-bond acceptors (Lipinski definition) is 1. The molecule has 0 amide bonds. The molecule has 0 unspecified atom stereocenters. The van der Waals surface area contributed by atoms with Gasteiger partial charge in [0.2, 0.25) is 5.69 Å². The van der Waals surface area contributed by atoms with Gasteiger partial charge in [-0.15, -0.1) is 0 Å². The van der Waals surface area contributed by atoms with Gasteiger partial charge in [-0.25, -0.2) is 19.6 Å². The summed E-state index contributed by atoms with van der Waals surface area (Å²) in [6.45, 7) is 12.3. The first-order chi connectivity index (χ1) is 5.83. The van der Waals surface area contributed by atoms with Crippen molar-refractivity contribution in [3.05, 3.63) is 26.5 Å². The Morgan fingerprint density at radius 3 is 1.79 bits per heavy atom. The Balaban J connectivity index is -0.0000000535. The van der Waals surface area contributed by atoms with E-state index in [1.165, 1.54) is 18.9 Å². The van der Waals surface area contributed by atoms with Crippen LogP contribution in [0.25, 0.3) is 0 Å². The molecule has 0 fully saturated rings. The van der Waals surface area contributed by atoms with E-state index >= 15 is 0 Å². The van der Waals surface area contributed by atoms with Crippen LogP contribution < -0.4 is 0 Å². The van der Waals surface area contributed by atoms with Gasteiger partial charge in [-0.3, -0.25) is 0 Å². The molecule has 82 valence electrons. The number of hydrogen-bond donors (Lipinski definition) is 3. The molecule has 0 heterocycles. The molecule has 14 heavy (non-hydrogen) atoms. The smallest absolute Gasteiger partial charge is 0.343 e. The molecule has 0 radical (unpaired) electrons. The van der Waals surface area contributed by atoms with Gasteiger partial charge in [-0.2, -0.15) is 6.42 Å². The van der Waals surface area contributed by atoms with Crippen molar-refractivity contribution in [3.63, 3.8) is 0 Å². The maximum atomic E-state index is 7.87. The van der Waals surface area contributed by atoms with E-state index in [4.69, 9.17) is 9.79 Å². The average molecular weight is 308 g/mol. The zero-order chi connectivity index (χ0) is 11.3. The van der Waals surface area contributed by atoms with Gasteiger partial charge in [0.25, 0.3) is 0 Å². The number of thiol groups is 1. The third-order valence-electron chi connectivity index (χ3n) is 0.604. The molecule has 0 aromatic carbocycles. The van der Waals surface area contributed by atoms with Crippen LogP contribution in [0.3, 0.4) is 0 Å². The second-order valence-corrected chi connectivity index (χ2v) is 7.05. The van der Waals surface area contributed by atoms with Gasteiger partial charge in [-0.05, 0) is 11.8 Å². The van der Waals surface area contributed by atoms with Crippen molar-refractivity contribution in [2.45, 2.75) is 26.2 Å². The van der Waals surface area contributed by atoms with Crippen molar-refractivity contribution in [1.29, 1.82) is 0 Å². The maximum absolute atomic E-state index is 7.87. The summed E-state index contributed by atoms with van der Waals surface area (Å²) in [5, 5.41) is 0. The minimum Gasteiger partial charge on any atom is -0.343 e. The molecule has 0 spiro atoms. The molecule has 6 heteroatoms. The summed E-state index contributed by atoms with van der Waals surface area (Å²) in [5.41, 5.74) is -3.11. The fourth-order valence-corrected chi connectivity index (χ4v) is 0.250. The van der Waals surface area contributed by atoms with Crippen LogP contribution in [-0.2, 0) is 31.3 Å². The first-order valence-electron chi connectivity index (χ1n) is 3.81. The van der Waals surface area contributed by atoms with Gasteiger partial charge >= 0.3 is 19.5 Å². The molecule has 0 bridgehead atoms. The summed E-state index contributed by atoms with van der Waals surface area (Å²) in [5.74, 6) is 0. The molecule has 0 aliphatic rings. The summed E-state index contributed by atoms with van der Waals surface area (Å²) in [6, 6.07) is 0. The van der Waals surface area contributed by atoms with Gasteiger partial charge in [0.05, 0.1) is 0 Å². The van der Waals surface area contributed by atoms with E-state index in [1.807, 2.05) is 0 Å². The largest absolute Gasteiger partial charge is 2.00 e. The molecular weight excluding hydrogens is 289 g/mol. The Morgan fingerprint density at radius 1 is 1.57 bits per heavy atom.